The molecule has 0 radical (unpaired) electrons. The van der Waals surface area contributed by atoms with Crippen LogP contribution in [0, 0.1) is 0 Å². The fourth-order valence-electron chi connectivity index (χ4n) is 6.01. The van der Waals surface area contributed by atoms with E-state index in [0.29, 0.717) is 0 Å². The number of rotatable bonds is 3. The molecule has 1 amide bonds. The lowest BCUT2D eigenvalue weighted by atomic mass is 9.69. The van der Waals surface area contributed by atoms with Gasteiger partial charge in [-0.25, -0.2) is 0 Å². The summed E-state index contributed by atoms with van der Waals surface area (Å²) in [5.41, 5.74) is 5.51. The summed E-state index contributed by atoms with van der Waals surface area (Å²) < 4.78 is 0. The third-order valence-electron chi connectivity index (χ3n) is 7.49. The molecule has 0 saturated heterocycles. The van der Waals surface area contributed by atoms with Crippen molar-refractivity contribution < 1.29 is 4.79 Å². The van der Waals surface area contributed by atoms with Crippen molar-refractivity contribution in [3.63, 3.8) is 0 Å². The quantitative estimate of drug-likeness (QED) is 0.366. The largest absolute Gasteiger partial charge is 0.357 e. The number of hydrogen-bond donors (Lipinski definition) is 3. The second kappa shape index (κ2) is 8.20. The first kappa shape index (κ1) is 20.3. The molecule has 3 N–H and O–H groups in total. The highest BCUT2D eigenvalue weighted by atomic mass is 16.2. The maximum atomic E-state index is 13.9. The summed E-state index contributed by atoms with van der Waals surface area (Å²) in [7, 11) is 0. The highest BCUT2D eigenvalue weighted by Gasteiger charge is 2.49. The van der Waals surface area contributed by atoms with Gasteiger partial charge in [0.1, 0.15) is 0 Å². The number of amides is 1. The van der Waals surface area contributed by atoms with Gasteiger partial charge in [-0.05, 0) is 42.2 Å². The van der Waals surface area contributed by atoms with Crippen molar-refractivity contribution in [3.8, 4) is 0 Å². The SMILES string of the molecule is O=C(Nc1ccccc1)[C@@H]1NC2(CCCCC2)c2[nH]c3ccccc3c2[C@H]1c1ccccc1. The molecule has 1 aromatic heterocycles. The first-order valence-corrected chi connectivity index (χ1v) is 12.0. The van der Waals surface area contributed by atoms with Crippen LogP contribution in [-0.2, 0) is 10.3 Å². The zero-order chi connectivity index (χ0) is 22.3. The smallest absolute Gasteiger partial charge is 0.242 e. The van der Waals surface area contributed by atoms with Crippen molar-refractivity contribution in [2.75, 3.05) is 5.32 Å². The summed E-state index contributed by atoms with van der Waals surface area (Å²) in [6.07, 6.45) is 5.69. The molecule has 4 nitrogen and oxygen atoms in total. The van der Waals surface area contributed by atoms with Crippen LogP contribution in [0.25, 0.3) is 10.9 Å². The lowest BCUT2D eigenvalue weighted by molar-refractivity contribution is -0.119. The molecular formula is C29H29N3O. The molecule has 1 aliphatic heterocycles. The van der Waals surface area contributed by atoms with Gasteiger partial charge >= 0.3 is 0 Å². The Labute approximate surface area is 194 Å². The number of anilines is 1. The molecule has 1 spiro atoms. The summed E-state index contributed by atoms with van der Waals surface area (Å²) in [5.74, 6) is -0.0513. The van der Waals surface area contributed by atoms with Crippen molar-refractivity contribution >= 4 is 22.5 Å². The van der Waals surface area contributed by atoms with Crippen LogP contribution in [-0.4, -0.2) is 16.9 Å². The lowest BCUT2D eigenvalue weighted by Gasteiger charge is -2.47. The van der Waals surface area contributed by atoms with E-state index in [4.69, 9.17) is 0 Å². The van der Waals surface area contributed by atoms with Gasteiger partial charge in [-0.15, -0.1) is 0 Å². The number of H-pyrrole nitrogens is 1. The van der Waals surface area contributed by atoms with Crippen LogP contribution in [0.1, 0.15) is 54.8 Å². The Morgan fingerprint density at radius 2 is 1.48 bits per heavy atom. The van der Waals surface area contributed by atoms with Crippen molar-refractivity contribution in [2.45, 2.75) is 49.6 Å². The number of carbonyl (C=O) groups excluding carboxylic acids is 1. The van der Waals surface area contributed by atoms with Gasteiger partial charge in [-0.3, -0.25) is 10.1 Å². The molecule has 2 atom stereocenters. The van der Waals surface area contributed by atoms with Crippen molar-refractivity contribution in [2.24, 2.45) is 0 Å². The number of aromatic amines is 1. The van der Waals surface area contributed by atoms with Crippen LogP contribution in [0.3, 0.4) is 0 Å². The van der Waals surface area contributed by atoms with E-state index in [1.54, 1.807) is 0 Å². The van der Waals surface area contributed by atoms with Gasteiger partial charge in [-0.2, -0.15) is 0 Å². The summed E-state index contributed by atoms with van der Waals surface area (Å²) in [5, 5.41) is 8.33. The Morgan fingerprint density at radius 1 is 0.818 bits per heavy atom. The second-order valence-corrected chi connectivity index (χ2v) is 9.47. The standard InChI is InChI=1S/C29H29N3O/c33-28(30-21-14-6-2-7-15-21)26-24(20-12-4-1-5-13-20)25-22-16-8-9-17-23(22)31-27(25)29(32-26)18-10-3-11-19-29/h1-2,4-9,12-17,24,26,31-32H,3,10-11,18-19H2,(H,30,33)/t24-,26-/m1/s1. The molecule has 166 valence electrons. The number of fused-ring (bicyclic) bond motifs is 4. The molecule has 1 fully saturated rings. The summed E-state index contributed by atoms with van der Waals surface area (Å²) in [6.45, 7) is 0. The topological polar surface area (TPSA) is 56.9 Å². The van der Waals surface area contributed by atoms with Gasteiger partial charge in [-0.1, -0.05) is 86.0 Å². The van der Waals surface area contributed by atoms with E-state index in [-0.39, 0.29) is 23.4 Å². The van der Waals surface area contributed by atoms with Gasteiger partial charge in [0.15, 0.2) is 0 Å². The minimum absolute atomic E-state index is 0.0240. The maximum Gasteiger partial charge on any atom is 0.242 e. The number of benzene rings is 3. The predicted molar refractivity (Wildman–Crippen MR) is 133 cm³/mol. The Hall–Kier alpha value is -3.37. The number of nitrogens with one attached hydrogen (secondary N) is 3. The lowest BCUT2D eigenvalue weighted by Crippen LogP contribution is -2.59. The molecule has 2 heterocycles. The molecule has 4 heteroatoms. The molecule has 0 bridgehead atoms. The third kappa shape index (κ3) is 3.46. The van der Waals surface area contributed by atoms with Crippen LogP contribution >= 0.6 is 0 Å². The van der Waals surface area contributed by atoms with E-state index >= 15 is 0 Å². The Bertz CT molecular complexity index is 1270. The van der Waals surface area contributed by atoms with Gasteiger partial charge in [0.2, 0.25) is 5.91 Å². The van der Waals surface area contributed by atoms with E-state index < -0.39 is 0 Å². The van der Waals surface area contributed by atoms with E-state index in [9.17, 15) is 4.79 Å². The van der Waals surface area contributed by atoms with Gasteiger partial charge in [0, 0.05) is 28.2 Å². The van der Waals surface area contributed by atoms with Crippen molar-refractivity contribution in [1.29, 1.82) is 0 Å². The first-order valence-electron chi connectivity index (χ1n) is 12.0. The second-order valence-electron chi connectivity index (χ2n) is 9.47. The van der Waals surface area contributed by atoms with Crippen LogP contribution in [0.4, 0.5) is 5.69 Å². The predicted octanol–water partition coefficient (Wildman–Crippen LogP) is 6.07. The fourth-order valence-corrected chi connectivity index (χ4v) is 6.01. The average molecular weight is 436 g/mol. The monoisotopic (exact) mass is 435 g/mol. The molecule has 1 aliphatic carbocycles. The van der Waals surface area contributed by atoms with Crippen LogP contribution < -0.4 is 10.6 Å². The van der Waals surface area contributed by atoms with Gasteiger partial charge < -0.3 is 10.3 Å². The Morgan fingerprint density at radius 3 is 2.24 bits per heavy atom. The van der Waals surface area contributed by atoms with Crippen LogP contribution in [0.15, 0.2) is 84.9 Å². The molecule has 6 rings (SSSR count). The van der Waals surface area contributed by atoms with E-state index in [0.717, 1.165) is 29.6 Å². The maximum absolute atomic E-state index is 13.9. The normalized spacial score (nSPS) is 21.6. The van der Waals surface area contributed by atoms with E-state index in [2.05, 4.69) is 64.1 Å². The van der Waals surface area contributed by atoms with E-state index in [1.807, 2.05) is 36.4 Å². The Kier molecular flexibility index (Phi) is 5.03. The molecule has 4 aromatic rings. The molecular weight excluding hydrogens is 406 g/mol. The Balaban J connectivity index is 1.54. The summed E-state index contributed by atoms with van der Waals surface area (Å²) in [4.78, 5) is 17.7. The van der Waals surface area contributed by atoms with Gasteiger partial charge in [0.05, 0.1) is 11.6 Å². The highest BCUT2D eigenvalue weighted by Crippen LogP contribution is 2.49. The fraction of sp³-hybridized carbons (Fsp3) is 0.276. The van der Waals surface area contributed by atoms with Gasteiger partial charge in [0.25, 0.3) is 0 Å². The zero-order valence-corrected chi connectivity index (χ0v) is 18.7. The molecule has 2 aliphatic rings. The van der Waals surface area contributed by atoms with Crippen LogP contribution in [0.2, 0.25) is 0 Å². The summed E-state index contributed by atoms with van der Waals surface area (Å²) >= 11 is 0. The zero-order valence-electron chi connectivity index (χ0n) is 18.7. The molecule has 0 unspecified atom stereocenters. The molecule has 1 saturated carbocycles. The number of carbonyl (C=O) groups is 1. The average Bonchev–Trinajstić information content (AvgIpc) is 3.26. The number of para-hydroxylation sites is 2. The molecule has 33 heavy (non-hydrogen) atoms. The first-order chi connectivity index (χ1) is 16.3. The minimum Gasteiger partial charge on any atom is -0.357 e. The number of hydrogen-bond acceptors (Lipinski definition) is 2. The van der Waals surface area contributed by atoms with Crippen molar-refractivity contribution in [3.05, 3.63) is 102 Å². The van der Waals surface area contributed by atoms with E-state index in [1.165, 1.54) is 35.9 Å². The highest BCUT2D eigenvalue weighted by molar-refractivity contribution is 5.98. The van der Waals surface area contributed by atoms with Crippen LogP contribution in [0.5, 0.6) is 0 Å². The summed E-state index contributed by atoms with van der Waals surface area (Å²) in [6, 6.07) is 28.5. The molecule has 3 aromatic carbocycles. The van der Waals surface area contributed by atoms with Crippen molar-refractivity contribution in [1.82, 2.24) is 10.3 Å². The number of aromatic nitrogens is 1. The minimum atomic E-state index is -0.364. The third-order valence-corrected chi connectivity index (χ3v) is 7.49.